The van der Waals surface area contributed by atoms with Gasteiger partial charge in [-0.05, 0) is 31.6 Å². The molecule has 0 aromatic heterocycles. The van der Waals surface area contributed by atoms with Gasteiger partial charge in [-0.2, -0.15) is 0 Å². The van der Waals surface area contributed by atoms with Gasteiger partial charge in [-0.15, -0.1) is 0 Å². The third kappa shape index (κ3) is 7.91. The predicted molar refractivity (Wildman–Crippen MR) is 71.7 cm³/mol. The molecule has 0 unspecified atom stereocenters. The molecule has 0 atom stereocenters. The van der Waals surface area contributed by atoms with Crippen LogP contribution in [-0.2, 0) is 9.59 Å². The summed E-state index contributed by atoms with van der Waals surface area (Å²) in [6.07, 6.45) is 13.2. The van der Waals surface area contributed by atoms with Crippen LogP contribution in [0.5, 0.6) is 0 Å². The molecule has 90 valence electrons. The smallest absolute Gasteiger partial charge is 0.163 e. The predicted octanol–water partition coefficient (Wildman–Crippen LogP) is 3.34. The van der Waals surface area contributed by atoms with Crippen LogP contribution < -0.4 is 0 Å². The van der Waals surface area contributed by atoms with E-state index >= 15 is 0 Å². The molecule has 0 aromatic carbocycles. The molecule has 0 bridgehead atoms. The van der Waals surface area contributed by atoms with Crippen molar-refractivity contribution in [2.24, 2.45) is 0 Å². The molecular formula is C15H18O2. The lowest BCUT2D eigenvalue weighted by Crippen LogP contribution is -2.01. The van der Waals surface area contributed by atoms with Gasteiger partial charge in [-0.3, -0.25) is 9.59 Å². The van der Waals surface area contributed by atoms with Gasteiger partial charge in [0.1, 0.15) is 0 Å². The zero-order chi connectivity index (χ0) is 13.1. The van der Waals surface area contributed by atoms with Gasteiger partial charge in [0.05, 0.1) is 6.42 Å². The third-order valence-electron chi connectivity index (χ3n) is 1.88. The fourth-order valence-corrected chi connectivity index (χ4v) is 1.06. The Morgan fingerprint density at radius 2 is 1.65 bits per heavy atom. The van der Waals surface area contributed by atoms with Gasteiger partial charge in [0, 0.05) is 0 Å². The number of rotatable bonds is 7. The van der Waals surface area contributed by atoms with Crippen LogP contribution in [0.2, 0.25) is 0 Å². The van der Waals surface area contributed by atoms with E-state index in [1.807, 2.05) is 25.2 Å². The molecule has 2 heteroatoms. The van der Waals surface area contributed by atoms with E-state index in [9.17, 15) is 9.59 Å². The highest BCUT2D eigenvalue weighted by Gasteiger charge is 2.02. The lowest BCUT2D eigenvalue weighted by atomic mass is 10.1. The average Bonchev–Trinajstić information content (AvgIpc) is 2.29. The fourth-order valence-electron chi connectivity index (χ4n) is 1.06. The van der Waals surface area contributed by atoms with Crippen molar-refractivity contribution in [3.8, 4) is 0 Å². The van der Waals surface area contributed by atoms with E-state index in [0.717, 1.165) is 5.57 Å². The lowest BCUT2D eigenvalue weighted by molar-refractivity contribution is -0.121. The SMILES string of the molecule is C=CC(/C=C/C(=O)CC(=O)/C=C/C)=C\C=C/C. The normalized spacial score (nSPS) is 12.7. The van der Waals surface area contributed by atoms with E-state index in [1.165, 1.54) is 12.2 Å². The number of carbonyl (C=O) groups is 2. The first-order chi connectivity index (χ1) is 8.13. The van der Waals surface area contributed by atoms with Gasteiger partial charge in [-0.25, -0.2) is 0 Å². The van der Waals surface area contributed by atoms with Gasteiger partial charge in [0.2, 0.25) is 0 Å². The van der Waals surface area contributed by atoms with Gasteiger partial charge in [0.25, 0.3) is 0 Å². The molecule has 0 aliphatic carbocycles. The van der Waals surface area contributed by atoms with Crippen LogP contribution in [0.25, 0.3) is 0 Å². The fraction of sp³-hybridized carbons (Fsp3) is 0.200. The second kappa shape index (κ2) is 9.28. The third-order valence-corrected chi connectivity index (χ3v) is 1.88. The summed E-state index contributed by atoms with van der Waals surface area (Å²) in [6.45, 7) is 7.29. The number of hydrogen-bond acceptors (Lipinski definition) is 2. The molecule has 0 saturated carbocycles. The summed E-state index contributed by atoms with van der Waals surface area (Å²) in [5, 5.41) is 0. The summed E-state index contributed by atoms with van der Waals surface area (Å²) >= 11 is 0. The molecule has 0 heterocycles. The first-order valence-corrected chi connectivity index (χ1v) is 5.46. The highest BCUT2D eigenvalue weighted by Crippen LogP contribution is 2.00. The molecule has 0 aromatic rings. The van der Waals surface area contributed by atoms with Gasteiger partial charge in [-0.1, -0.05) is 43.0 Å². The van der Waals surface area contributed by atoms with Crippen LogP contribution in [0.15, 0.2) is 60.8 Å². The van der Waals surface area contributed by atoms with Crippen molar-refractivity contribution in [2.45, 2.75) is 20.3 Å². The van der Waals surface area contributed by atoms with Crippen molar-refractivity contribution in [3.63, 3.8) is 0 Å². The highest BCUT2D eigenvalue weighted by molar-refractivity contribution is 6.08. The number of allylic oxidation sites excluding steroid dienone is 9. The highest BCUT2D eigenvalue weighted by atomic mass is 16.1. The summed E-state index contributed by atoms with van der Waals surface area (Å²) in [6, 6.07) is 0. The van der Waals surface area contributed by atoms with Crippen LogP contribution in [0.1, 0.15) is 20.3 Å². The lowest BCUT2D eigenvalue weighted by Gasteiger charge is -1.92. The summed E-state index contributed by atoms with van der Waals surface area (Å²) in [5.74, 6) is -0.388. The minimum atomic E-state index is -0.207. The molecule has 0 N–H and O–H groups in total. The molecule has 0 saturated heterocycles. The van der Waals surface area contributed by atoms with E-state index in [1.54, 1.807) is 25.2 Å². The largest absolute Gasteiger partial charge is 0.294 e. The van der Waals surface area contributed by atoms with Crippen LogP contribution in [0, 0.1) is 0 Å². The van der Waals surface area contributed by atoms with Crippen LogP contribution in [0.3, 0.4) is 0 Å². The summed E-state index contributed by atoms with van der Waals surface area (Å²) < 4.78 is 0. The molecule has 0 amide bonds. The molecule has 0 aliphatic heterocycles. The Kier molecular flexibility index (Phi) is 8.21. The van der Waals surface area contributed by atoms with Crippen molar-refractivity contribution >= 4 is 11.6 Å². The maximum absolute atomic E-state index is 11.4. The Labute approximate surface area is 103 Å². The minimum absolute atomic E-state index is 0.0884. The van der Waals surface area contributed by atoms with Crippen LogP contribution in [-0.4, -0.2) is 11.6 Å². The first kappa shape index (κ1) is 15.0. The molecular weight excluding hydrogens is 212 g/mol. The average molecular weight is 230 g/mol. The summed E-state index contributed by atoms with van der Waals surface area (Å²) in [7, 11) is 0. The molecule has 0 spiro atoms. The van der Waals surface area contributed by atoms with Crippen molar-refractivity contribution in [1.29, 1.82) is 0 Å². The van der Waals surface area contributed by atoms with Gasteiger partial charge < -0.3 is 0 Å². The Morgan fingerprint density at radius 1 is 1.00 bits per heavy atom. The molecule has 0 fully saturated rings. The van der Waals surface area contributed by atoms with Crippen LogP contribution in [0.4, 0.5) is 0 Å². The van der Waals surface area contributed by atoms with Crippen LogP contribution >= 0.6 is 0 Å². The quantitative estimate of drug-likeness (QED) is 0.382. The summed E-state index contributed by atoms with van der Waals surface area (Å²) in [5.41, 5.74) is 0.829. The van der Waals surface area contributed by atoms with E-state index in [4.69, 9.17) is 0 Å². The maximum atomic E-state index is 11.4. The Balaban J connectivity index is 4.45. The van der Waals surface area contributed by atoms with E-state index < -0.39 is 0 Å². The molecule has 2 nitrogen and oxygen atoms in total. The molecule has 0 rings (SSSR count). The Bertz CT molecular complexity index is 393. The Morgan fingerprint density at radius 3 is 2.18 bits per heavy atom. The van der Waals surface area contributed by atoms with Gasteiger partial charge >= 0.3 is 0 Å². The second-order valence-electron chi connectivity index (χ2n) is 3.34. The molecule has 0 radical (unpaired) electrons. The first-order valence-electron chi connectivity index (χ1n) is 5.46. The van der Waals surface area contributed by atoms with E-state index in [0.29, 0.717) is 0 Å². The van der Waals surface area contributed by atoms with Gasteiger partial charge in [0.15, 0.2) is 11.6 Å². The zero-order valence-corrected chi connectivity index (χ0v) is 10.3. The van der Waals surface area contributed by atoms with Crippen molar-refractivity contribution in [2.75, 3.05) is 0 Å². The number of ketones is 2. The molecule has 17 heavy (non-hydrogen) atoms. The zero-order valence-electron chi connectivity index (χ0n) is 10.3. The van der Waals surface area contributed by atoms with Crippen molar-refractivity contribution < 1.29 is 9.59 Å². The second-order valence-corrected chi connectivity index (χ2v) is 3.34. The van der Waals surface area contributed by atoms with Crippen molar-refractivity contribution in [1.82, 2.24) is 0 Å². The summed E-state index contributed by atoms with van der Waals surface area (Å²) in [4.78, 5) is 22.6. The van der Waals surface area contributed by atoms with E-state index in [2.05, 4.69) is 6.58 Å². The minimum Gasteiger partial charge on any atom is -0.294 e. The topological polar surface area (TPSA) is 34.1 Å². The Hall–Kier alpha value is -1.96. The van der Waals surface area contributed by atoms with Crippen molar-refractivity contribution in [3.05, 3.63) is 60.8 Å². The number of hydrogen-bond donors (Lipinski definition) is 0. The monoisotopic (exact) mass is 230 g/mol. The molecule has 0 aliphatic rings. The maximum Gasteiger partial charge on any atom is 0.163 e. The number of carbonyl (C=O) groups excluding carboxylic acids is 2. The standard InChI is InChI=1S/C15H18O2/c1-4-7-9-13(6-3)10-11-15(17)12-14(16)8-5-2/h4-11H,3,12H2,1-2H3/b7-4-,8-5+,11-10+,13-9+. The van der Waals surface area contributed by atoms with E-state index in [-0.39, 0.29) is 18.0 Å².